The summed E-state index contributed by atoms with van der Waals surface area (Å²) in [5, 5.41) is 1.06. The molecule has 16 heavy (non-hydrogen) atoms. The molecule has 3 nitrogen and oxygen atoms in total. The lowest BCUT2D eigenvalue weighted by molar-refractivity contribution is 0.944. The van der Waals surface area contributed by atoms with E-state index in [1.165, 1.54) is 0 Å². The first-order valence-corrected chi connectivity index (χ1v) is 5.52. The van der Waals surface area contributed by atoms with E-state index in [4.69, 9.17) is 23.2 Å². The summed E-state index contributed by atoms with van der Waals surface area (Å²) in [5.74, 6) is 0.964. The molecule has 0 fully saturated rings. The highest BCUT2D eigenvalue weighted by molar-refractivity contribution is 6.43. The van der Waals surface area contributed by atoms with E-state index < -0.39 is 0 Å². The van der Waals surface area contributed by atoms with Crippen LogP contribution in [-0.2, 0) is 0 Å². The van der Waals surface area contributed by atoms with Gasteiger partial charge in [-0.3, -0.25) is 15.8 Å². The van der Waals surface area contributed by atoms with Crippen molar-refractivity contribution in [1.29, 1.82) is 0 Å². The van der Waals surface area contributed by atoms with Gasteiger partial charge in [0.15, 0.2) is 0 Å². The Kier molecular flexibility index (Phi) is 5.19. The monoisotopic (exact) mass is 279 g/mol. The summed E-state index contributed by atoms with van der Waals surface area (Å²) in [6.07, 6.45) is 2.08. The lowest BCUT2D eigenvalue weighted by Gasteiger charge is -2.11. The molecule has 0 saturated carbocycles. The van der Waals surface area contributed by atoms with Crippen LogP contribution in [0.2, 0.25) is 10.0 Å². The average molecular weight is 281 g/mol. The van der Waals surface area contributed by atoms with Gasteiger partial charge in [-0.1, -0.05) is 29.3 Å². The smallest absolute Gasteiger partial charge is 0.115 e. The van der Waals surface area contributed by atoms with Gasteiger partial charge in [-0.2, -0.15) is 0 Å². The molecule has 0 bridgehead atoms. The molecule has 1 aliphatic heterocycles. The van der Waals surface area contributed by atoms with Gasteiger partial charge in [0.2, 0.25) is 0 Å². The van der Waals surface area contributed by atoms with Gasteiger partial charge >= 0.3 is 0 Å². The minimum Gasteiger partial charge on any atom is -0.298 e. The van der Waals surface area contributed by atoms with Gasteiger partial charge in [0, 0.05) is 13.0 Å². The number of anilines is 1. The highest BCUT2D eigenvalue weighted by atomic mass is 35.5. The molecular formula is C10H12Cl3N3. The summed E-state index contributed by atoms with van der Waals surface area (Å²) < 4.78 is 0. The molecule has 2 rings (SSSR count). The van der Waals surface area contributed by atoms with Gasteiger partial charge in [-0.05, 0) is 18.6 Å². The second kappa shape index (κ2) is 6.18. The Morgan fingerprint density at radius 1 is 1.19 bits per heavy atom. The average Bonchev–Trinajstić information content (AvgIpc) is 2.73. The zero-order chi connectivity index (χ0) is 10.7. The highest BCUT2D eigenvalue weighted by Crippen LogP contribution is 2.28. The van der Waals surface area contributed by atoms with Crippen LogP contribution in [0.1, 0.15) is 12.8 Å². The number of hydrogen-bond donors (Lipinski definition) is 2. The normalized spacial score (nSPS) is 14.0. The number of aliphatic imine (C=N–C) groups is 1. The number of benzene rings is 1. The third-order valence-corrected chi connectivity index (χ3v) is 2.99. The summed E-state index contributed by atoms with van der Waals surface area (Å²) in [5.41, 5.74) is 6.78. The van der Waals surface area contributed by atoms with Crippen LogP contribution >= 0.6 is 35.6 Å². The number of rotatable bonds is 2. The molecule has 2 N–H and O–H groups in total. The first-order valence-electron chi connectivity index (χ1n) is 4.77. The molecule has 6 heteroatoms. The Morgan fingerprint density at radius 2 is 2.00 bits per heavy atom. The first-order chi connectivity index (χ1) is 7.27. The van der Waals surface area contributed by atoms with Gasteiger partial charge in [-0.25, -0.2) is 0 Å². The largest absolute Gasteiger partial charge is 0.298 e. The summed E-state index contributed by atoms with van der Waals surface area (Å²) in [4.78, 5) is 4.27. The fraction of sp³-hybridized carbons (Fsp3) is 0.300. The lowest BCUT2D eigenvalue weighted by atomic mass is 10.3. The fourth-order valence-electron chi connectivity index (χ4n) is 1.38. The third-order valence-electron chi connectivity index (χ3n) is 2.17. The van der Waals surface area contributed by atoms with E-state index >= 15 is 0 Å². The summed E-state index contributed by atoms with van der Waals surface area (Å²) >= 11 is 11.9. The van der Waals surface area contributed by atoms with Gasteiger partial charge in [0.1, 0.15) is 5.84 Å². The van der Waals surface area contributed by atoms with E-state index in [-0.39, 0.29) is 12.4 Å². The van der Waals surface area contributed by atoms with E-state index in [9.17, 15) is 0 Å². The summed E-state index contributed by atoms with van der Waals surface area (Å²) in [7, 11) is 0. The van der Waals surface area contributed by atoms with Gasteiger partial charge in [0.25, 0.3) is 0 Å². The molecule has 1 aromatic carbocycles. The standard InChI is InChI=1S/C10H11Cl2N3.ClH/c11-7-3-1-4-8(10(7)12)14-15-9-5-2-6-13-9;/h1,3-4,14H,2,5-6H2,(H,13,15);1H. The van der Waals surface area contributed by atoms with Crippen LogP contribution in [0, 0.1) is 0 Å². The van der Waals surface area contributed by atoms with Crippen LogP contribution in [0.25, 0.3) is 0 Å². The Hall–Kier alpha value is -0.640. The molecule has 0 radical (unpaired) electrons. The van der Waals surface area contributed by atoms with Crippen molar-refractivity contribution in [3.63, 3.8) is 0 Å². The van der Waals surface area contributed by atoms with Crippen LogP contribution < -0.4 is 10.9 Å². The molecule has 1 heterocycles. The molecule has 0 saturated heterocycles. The van der Waals surface area contributed by atoms with Crippen molar-refractivity contribution in [2.45, 2.75) is 12.8 Å². The summed E-state index contributed by atoms with van der Waals surface area (Å²) in [6.45, 7) is 0.896. The van der Waals surface area contributed by atoms with Crippen LogP contribution in [0.15, 0.2) is 23.2 Å². The van der Waals surface area contributed by atoms with Crippen molar-refractivity contribution in [3.05, 3.63) is 28.2 Å². The van der Waals surface area contributed by atoms with Crippen LogP contribution in [0.4, 0.5) is 5.69 Å². The van der Waals surface area contributed by atoms with E-state index in [2.05, 4.69) is 15.8 Å². The van der Waals surface area contributed by atoms with E-state index in [1.807, 2.05) is 12.1 Å². The molecule has 0 unspecified atom stereocenters. The molecule has 0 spiro atoms. The quantitative estimate of drug-likeness (QED) is 0.813. The van der Waals surface area contributed by atoms with E-state index in [0.29, 0.717) is 10.0 Å². The number of hydrazine groups is 1. The van der Waals surface area contributed by atoms with Crippen LogP contribution in [-0.4, -0.2) is 12.4 Å². The molecule has 0 amide bonds. The number of nitrogens with zero attached hydrogens (tertiary/aromatic N) is 1. The van der Waals surface area contributed by atoms with Crippen molar-refractivity contribution >= 4 is 47.1 Å². The Bertz CT molecular complexity index is 393. The maximum absolute atomic E-state index is 6.00. The van der Waals surface area contributed by atoms with Crippen molar-refractivity contribution in [2.24, 2.45) is 4.99 Å². The maximum atomic E-state index is 6.00. The molecular weight excluding hydrogens is 268 g/mol. The van der Waals surface area contributed by atoms with Gasteiger partial charge in [-0.15, -0.1) is 12.4 Å². The maximum Gasteiger partial charge on any atom is 0.115 e. The number of nitrogens with one attached hydrogen (secondary N) is 2. The second-order valence-electron chi connectivity index (χ2n) is 3.28. The molecule has 1 aromatic rings. The van der Waals surface area contributed by atoms with Gasteiger partial charge < -0.3 is 0 Å². The molecule has 0 aromatic heterocycles. The lowest BCUT2D eigenvalue weighted by Crippen LogP contribution is -2.27. The molecule has 0 atom stereocenters. The minimum atomic E-state index is 0. The predicted octanol–water partition coefficient (Wildman–Crippen LogP) is 3.52. The number of amidine groups is 1. The van der Waals surface area contributed by atoms with Crippen molar-refractivity contribution in [3.8, 4) is 0 Å². The Morgan fingerprint density at radius 3 is 2.69 bits per heavy atom. The van der Waals surface area contributed by atoms with Crippen molar-refractivity contribution in [1.82, 2.24) is 5.43 Å². The third kappa shape index (κ3) is 3.17. The Balaban J connectivity index is 0.00000128. The van der Waals surface area contributed by atoms with Crippen molar-refractivity contribution < 1.29 is 0 Å². The SMILES string of the molecule is Cl.Clc1cccc(NNC2=NCCC2)c1Cl. The van der Waals surface area contributed by atoms with E-state index in [1.54, 1.807) is 6.07 Å². The van der Waals surface area contributed by atoms with Crippen LogP contribution in [0.3, 0.4) is 0 Å². The predicted molar refractivity (Wildman–Crippen MR) is 72.0 cm³/mol. The number of hydrogen-bond acceptors (Lipinski definition) is 3. The van der Waals surface area contributed by atoms with E-state index in [0.717, 1.165) is 30.9 Å². The Labute approximate surface area is 111 Å². The fourth-order valence-corrected chi connectivity index (χ4v) is 1.73. The topological polar surface area (TPSA) is 36.4 Å². The summed E-state index contributed by atoms with van der Waals surface area (Å²) in [6, 6.07) is 5.45. The molecule has 88 valence electrons. The highest BCUT2D eigenvalue weighted by Gasteiger charge is 2.07. The molecule has 0 aliphatic carbocycles. The van der Waals surface area contributed by atoms with Crippen molar-refractivity contribution in [2.75, 3.05) is 12.0 Å². The first kappa shape index (κ1) is 13.4. The zero-order valence-corrected chi connectivity index (χ0v) is 10.8. The number of halogens is 3. The zero-order valence-electron chi connectivity index (χ0n) is 8.46. The molecule has 1 aliphatic rings. The van der Waals surface area contributed by atoms with Gasteiger partial charge in [0.05, 0.1) is 15.7 Å². The van der Waals surface area contributed by atoms with Crippen LogP contribution in [0.5, 0.6) is 0 Å². The second-order valence-corrected chi connectivity index (χ2v) is 4.07. The minimum absolute atomic E-state index is 0.